The molecule has 0 atom stereocenters. The molecule has 2 heteroatoms. The third-order valence-corrected chi connectivity index (χ3v) is 1.80. The van der Waals surface area contributed by atoms with E-state index < -0.39 is 0 Å². The van der Waals surface area contributed by atoms with Crippen LogP contribution in [0.15, 0.2) is 12.3 Å². The molecule has 1 aromatic rings. The van der Waals surface area contributed by atoms with Crippen LogP contribution in [0, 0.1) is 5.92 Å². The van der Waals surface area contributed by atoms with Crippen LogP contribution in [0.25, 0.3) is 0 Å². The molecule has 0 aliphatic rings. The van der Waals surface area contributed by atoms with Gasteiger partial charge in [-0.1, -0.05) is 13.8 Å². The number of H-pyrrole nitrogens is 1. The van der Waals surface area contributed by atoms with Gasteiger partial charge < -0.3 is 10.1 Å². The molecule has 0 amide bonds. The molecule has 0 spiro atoms. The van der Waals surface area contributed by atoms with Crippen molar-refractivity contribution in [3.63, 3.8) is 0 Å². The highest BCUT2D eigenvalue weighted by Gasteiger charge is 2.01. The number of aromatic hydroxyl groups is 1. The van der Waals surface area contributed by atoms with Crippen molar-refractivity contribution in [1.29, 1.82) is 0 Å². The smallest absolute Gasteiger partial charge is 0.191 e. The lowest BCUT2D eigenvalue weighted by Gasteiger charge is -2.02. The van der Waals surface area contributed by atoms with E-state index in [9.17, 15) is 5.11 Å². The summed E-state index contributed by atoms with van der Waals surface area (Å²) in [6, 6.07) is 1.93. The number of rotatable bonds is 3. The molecule has 0 radical (unpaired) electrons. The van der Waals surface area contributed by atoms with Crippen molar-refractivity contribution in [3.05, 3.63) is 17.8 Å². The van der Waals surface area contributed by atoms with Crippen LogP contribution in [0.4, 0.5) is 0 Å². The fourth-order valence-corrected chi connectivity index (χ4v) is 1.04. The zero-order chi connectivity index (χ0) is 8.27. The van der Waals surface area contributed by atoms with Gasteiger partial charge in [0.25, 0.3) is 0 Å². The van der Waals surface area contributed by atoms with Gasteiger partial charge in [-0.3, -0.25) is 0 Å². The summed E-state index contributed by atoms with van der Waals surface area (Å²) in [5, 5.41) is 9.21. The van der Waals surface area contributed by atoms with Gasteiger partial charge in [0.1, 0.15) is 0 Å². The van der Waals surface area contributed by atoms with Crippen LogP contribution in [-0.2, 0) is 6.42 Å². The van der Waals surface area contributed by atoms with Crippen molar-refractivity contribution < 1.29 is 5.11 Å². The number of hydrogen-bond acceptors (Lipinski definition) is 1. The molecule has 2 nitrogen and oxygen atoms in total. The zero-order valence-electron chi connectivity index (χ0n) is 7.09. The first-order valence-electron chi connectivity index (χ1n) is 4.05. The van der Waals surface area contributed by atoms with Gasteiger partial charge in [-0.15, -0.1) is 0 Å². The highest BCUT2D eigenvalue weighted by molar-refractivity contribution is 5.24. The summed E-state index contributed by atoms with van der Waals surface area (Å²) in [5.41, 5.74) is 1.03. The quantitative estimate of drug-likeness (QED) is 0.686. The molecule has 62 valence electrons. The largest absolute Gasteiger partial charge is 0.494 e. The Bertz CT molecular complexity index is 215. The molecule has 0 saturated heterocycles. The summed E-state index contributed by atoms with van der Waals surface area (Å²) in [7, 11) is 0. The molecular weight excluding hydrogens is 138 g/mol. The summed E-state index contributed by atoms with van der Waals surface area (Å²) < 4.78 is 0. The Balaban J connectivity index is 2.44. The Hall–Kier alpha value is -0.920. The normalized spacial score (nSPS) is 10.8. The van der Waals surface area contributed by atoms with Gasteiger partial charge in [-0.2, -0.15) is 0 Å². The second-order valence-electron chi connectivity index (χ2n) is 3.28. The molecular formula is C9H15NO. The van der Waals surface area contributed by atoms with Crippen LogP contribution in [0.1, 0.15) is 25.8 Å². The van der Waals surface area contributed by atoms with E-state index in [2.05, 4.69) is 18.8 Å². The molecule has 11 heavy (non-hydrogen) atoms. The van der Waals surface area contributed by atoms with E-state index >= 15 is 0 Å². The average Bonchev–Trinajstić information content (AvgIpc) is 2.31. The molecule has 0 aromatic carbocycles. The van der Waals surface area contributed by atoms with Crippen molar-refractivity contribution in [2.24, 2.45) is 5.92 Å². The lowest BCUT2D eigenvalue weighted by molar-refractivity contribution is 0.447. The standard InChI is InChI=1S/C9H15NO/c1-7(2)3-4-8-5-6-10-9(8)11/h5-7,10-11H,3-4H2,1-2H3. The molecule has 2 N–H and O–H groups in total. The fourth-order valence-electron chi connectivity index (χ4n) is 1.04. The molecule has 1 heterocycles. The van der Waals surface area contributed by atoms with Crippen LogP contribution in [0.3, 0.4) is 0 Å². The van der Waals surface area contributed by atoms with Gasteiger partial charge in [0.2, 0.25) is 0 Å². The third-order valence-electron chi connectivity index (χ3n) is 1.80. The first kappa shape index (κ1) is 8.18. The predicted octanol–water partition coefficient (Wildman–Crippen LogP) is 2.31. The first-order valence-corrected chi connectivity index (χ1v) is 4.05. The van der Waals surface area contributed by atoms with Gasteiger partial charge in [0.15, 0.2) is 5.88 Å². The number of nitrogens with one attached hydrogen (secondary N) is 1. The summed E-state index contributed by atoms with van der Waals surface area (Å²) in [6.07, 6.45) is 3.86. The Morgan fingerprint density at radius 3 is 2.73 bits per heavy atom. The lowest BCUT2D eigenvalue weighted by Crippen LogP contribution is -1.90. The van der Waals surface area contributed by atoms with E-state index in [1.54, 1.807) is 6.20 Å². The van der Waals surface area contributed by atoms with E-state index in [-0.39, 0.29) is 0 Å². The summed E-state index contributed by atoms with van der Waals surface area (Å²) in [5.74, 6) is 1.02. The molecule has 0 unspecified atom stereocenters. The Labute approximate surface area is 67.3 Å². The minimum atomic E-state index is 0.325. The fraction of sp³-hybridized carbons (Fsp3) is 0.556. The lowest BCUT2D eigenvalue weighted by atomic mass is 10.0. The van der Waals surface area contributed by atoms with Gasteiger partial charge >= 0.3 is 0 Å². The minimum absolute atomic E-state index is 0.325. The van der Waals surface area contributed by atoms with Crippen molar-refractivity contribution in [2.75, 3.05) is 0 Å². The second kappa shape index (κ2) is 3.46. The highest BCUT2D eigenvalue weighted by atomic mass is 16.3. The van der Waals surface area contributed by atoms with Crippen molar-refractivity contribution in [3.8, 4) is 5.88 Å². The van der Waals surface area contributed by atoms with Crippen LogP contribution in [0.5, 0.6) is 5.88 Å². The summed E-state index contributed by atoms with van der Waals surface area (Å²) in [6.45, 7) is 4.37. The number of aryl methyl sites for hydroxylation is 1. The van der Waals surface area contributed by atoms with E-state index in [1.165, 1.54) is 0 Å². The Kier molecular flexibility index (Phi) is 2.58. The molecule has 0 fully saturated rings. The van der Waals surface area contributed by atoms with Crippen LogP contribution < -0.4 is 0 Å². The van der Waals surface area contributed by atoms with Crippen LogP contribution >= 0.6 is 0 Å². The average molecular weight is 153 g/mol. The van der Waals surface area contributed by atoms with Gasteiger partial charge in [-0.05, 0) is 24.8 Å². The van der Waals surface area contributed by atoms with Crippen LogP contribution in [0.2, 0.25) is 0 Å². The van der Waals surface area contributed by atoms with Gasteiger partial charge in [0, 0.05) is 11.8 Å². The van der Waals surface area contributed by atoms with E-state index in [0.29, 0.717) is 11.8 Å². The highest BCUT2D eigenvalue weighted by Crippen LogP contribution is 2.17. The number of hydrogen-bond donors (Lipinski definition) is 2. The van der Waals surface area contributed by atoms with Crippen molar-refractivity contribution in [2.45, 2.75) is 26.7 Å². The second-order valence-corrected chi connectivity index (χ2v) is 3.28. The molecule has 1 aromatic heterocycles. The third kappa shape index (κ3) is 2.30. The van der Waals surface area contributed by atoms with Crippen molar-refractivity contribution in [1.82, 2.24) is 4.98 Å². The topological polar surface area (TPSA) is 36.0 Å². The molecule has 0 saturated carbocycles. The maximum absolute atomic E-state index is 9.21. The van der Waals surface area contributed by atoms with Gasteiger partial charge in [-0.25, -0.2) is 0 Å². The predicted molar refractivity (Wildman–Crippen MR) is 45.6 cm³/mol. The Morgan fingerprint density at radius 2 is 2.27 bits per heavy atom. The Morgan fingerprint density at radius 1 is 1.55 bits per heavy atom. The zero-order valence-corrected chi connectivity index (χ0v) is 7.09. The summed E-state index contributed by atoms with van der Waals surface area (Å²) in [4.78, 5) is 2.75. The van der Waals surface area contributed by atoms with Gasteiger partial charge in [0.05, 0.1) is 0 Å². The van der Waals surface area contributed by atoms with E-state index in [4.69, 9.17) is 0 Å². The summed E-state index contributed by atoms with van der Waals surface area (Å²) >= 11 is 0. The number of aromatic nitrogens is 1. The SMILES string of the molecule is CC(C)CCc1cc[nH]c1O. The van der Waals surface area contributed by atoms with Crippen molar-refractivity contribution >= 4 is 0 Å². The van der Waals surface area contributed by atoms with E-state index in [0.717, 1.165) is 18.4 Å². The minimum Gasteiger partial charge on any atom is -0.494 e. The molecule has 1 rings (SSSR count). The monoisotopic (exact) mass is 153 g/mol. The molecule has 0 bridgehead atoms. The van der Waals surface area contributed by atoms with Crippen LogP contribution in [-0.4, -0.2) is 10.1 Å². The first-order chi connectivity index (χ1) is 5.20. The van der Waals surface area contributed by atoms with E-state index in [1.807, 2.05) is 6.07 Å². The molecule has 0 aliphatic heterocycles. The molecule has 0 aliphatic carbocycles. The number of aromatic amines is 1. The maximum Gasteiger partial charge on any atom is 0.191 e. The maximum atomic E-state index is 9.21.